The van der Waals surface area contributed by atoms with Crippen LogP contribution in [-0.2, 0) is 0 Å². The van der Waals surface area contributed by atoms with Gasteiger partial charge in [-0.1, -0.05) is 116 Å². The lowest BCUT2D eigenvalue weighted by atomic mass is 9.96. The molecule has 0 saturated carbocycles. The van der Waals surface area contributed by atoms with Crippen LogP contribution in [0, 0.1) is 0 Å². The van der Waals surface area contributed by atoms with Crippen molar-refractivity contribution in [2.45, 2.75) is 6.92 Å². The van der Waals surface area contributed by atoms with Crippen LogP contribution in [0.4, 0.5) is 17.1 Å². The summed E-state index contributed by atoms with van der Waals surface area (Å²) in [5, 5.41) is 11.7. The number of aliphatic imine (C=N–C) groups is 1. The highest BCUT2D eigenvalue weighted by Gasteiger charge is 2.09. The lowest BCUT2D eigenvalue weighted by molar-refractivity contribution is 0.669. The van der Waals surface area contributed by atoms with Crippen LogP contribution < -0.4 is 10.6 Å². The molecule has 0 unspecified atom stereocenters. The molecule has 0 aliphatic heterocycles. The molecule has 2 N–H and O–H groups in total. The maximum absolute atomic E-state index is 6.09. The number of nitrogens with zero attached hydrogens (tertiary/aromatic N) is 1. The summed E-state index contributed by atoms with van der Waals surface area (Å²) in [6, 6.07) is 54.7. The molecular formula is C46H35N3O. The fourth-order valence-electron chi connectivity index (χ4n) is 6.34. The van der Waals surface area contributed by atoms with E-state index in [0.29, 0.717) is 0 Å². The van der Waals surface area contributed by atoms with Crippen LogP contribution in [0.1, 0.15) is 12.5 Å². The second-order valence-corrected chi connectivity index (χ2v) is 12.3. The Bertz CT molecular complexity index is 2560. The van der Waals surface area contributed by atoms with Gasteiger partial charge in [0.15, 0.2) is 0 Å². The molecule has 50 heavy (non-hydrogen) atoms. The number of para-hydroxylation sites is 1. The monoisotopic (exact) mass is 645 g/mol. The van der Waals surface area contributed by atoms with Crippen molar-refractivity contribution in [2.24, 2.45) is 4.99 Å². The van der Waals surface area contributed by atoms with Crippen molar-refractivity contribution >= 4 is 61.7 Å². The van der Waals surface area contributed by atoms with Crippen LogP contribution >= 0.6 is 0 Å². The second kappa shape index (κ2) is 13.5. The molecule has 0 aliphatic carbocycles. The third-order valence-corrected chi connectivity index (χ3v) is 9.02. The number of hydrogen-bond donors (Lipinski definition) is 2. The number of hydrogen-bond acceptors (Lipinski definition) is 4. The van der Waals surface area contributed by atoms with Gasteiger partial charge in [-0.05, 0) is 88.7 Å². The Morgan fingerprint density at radius 3 is 2.12 bits per heavy atom. The Balaban J connectivity index is 1.01. The highest BCUT2D eigenvalue weighted by Crippen LogP contribution is 2.34. The van der Waals surface area contributed by atoms with Crippen molar-refractivity contribution in [1.82, 2.24) is 0 Å². The molecule has 0 aliphatic rings. The summed E-state index contributed by atoms with van der Waals surface area (Å²) in [7, 11) is 0. The number of nitrogens with one attached hydrogen (secondary N) is 2. The highest BCUT2D eigenvalue weighted by molar-refractivity contribution is 6.06. The molecular weight excluding hydrogens is 611 g/mol. The molecule has 0 saturated heterocycles. The molecule has 240 valence electrons. The van der Waals surface area contributed by atoms with Gasteiger partial charge >= 0.3 is 0 Å². The van der Waals surface area contributed by atoms with E-state index in [2.05, 4.69) is 131 Å². The average molecular weight is 646 g/mol. The van der Waals surface area contributed by atoms with E-state index in [-0.39, 0.29) is 0 Å². The fraction of sp³-hybridized carbons (Fsp3) is 0.0217. The summed E-state index contributed by atoms with van der Waals surface area (Å²) < 4.78 is 6.09. The Morgan fingerprint density at radius 2 is 1.28 bits per heavy atom. The van der Waals surface area contributed by atoms with E-state index < -0.39 is 0 Å². The van der Waals surface area contributed by atoms with Crippen LogP contribution in [0.15, 0.2) is 185 Å². The maximum atomic E-state index is 6.09. The van der Waals surface area contributed by atoms with Gasteiger partial charge < -0.3 is 15.1 Å². The van der Waals surface area contributed by atoms with E-state index in [0.717, 1.165) is 83.6 Å². The van der Waals surface area contributed by atoms with Gasteiger partial charge in [0.1, 0.15) is 11.2 Å². The number of rotatable bonds is 9. The number of benzene rings is 7. The normalized spacial score (nSPS) is 11.8. The third kappa shape index (κ3) is 6.30. The van der Waals surface area contributed by atoms with Crippen molar-refractivity contribution in [3.05, 3.63) is 182 Å². The fourth-order valence-corrected chi connectivity index (χ4v) is 6.34. The second-order valence-electron chi connectivity index (χ2n) is 12.3. The van der Waals surface area contributed by atoms with Crippen LogP contribution in [0.3, 0.4) is 0 Å². The van der Waals surface area contributed by atoms with Crippen molar-refractivity contribution in [2.75, 3.05) is 10.6 Å². The zero-order valence-electron chi connectivity index (χ0n) is 27.7. The van der Waals surface area contributed by atoms with Gasteiger partial charge in [-0.3, -0.25) is 4.99 Å². The first-order valence-electron chi connectivity index (χ1n) is 16.7. The van der Waals surface area contributed by atoms with Crippen molar-refractivity contribution in [3.63, 3.8) is 0 Å². The van der Waals surface area contributed by atoms with Crippen LogP contribution in [0.5, 0.6) is 0 Å². The van der Waals surface area contributed by atoms with Crippen LogP contribution in [-0.4, -0.2) is 6.21 Å². The Hall–Kier alpha value is -6.65. The lowest BCUT2D eigenvalue weighted by Crippen LogP contribution is -2.01. The molecule has 4 heteroatoms. The zero-order valence-corrected chi connectivity index (χ0v) is 27.7. The zero-order chi connectivity index (χ0) is 33.9. The summed E-state index contributed by atoms with van der Waals surface area (Å²) in [6.45, 7) is 6.14. The molecule has 1 aromatic heterocycles. The maximum Gasteiger partial charge on any atom is 0.137 e. The van der Waals surface area contributed by atoms with Gasteiger partial charge in [0.05, 0.1) is 17.6 Å². The summed E-state index contributed by atoms with van der Waals surface area (Å²) in [5.74, 6) is 0. The molecule has 0 spiro atoms. The Kier molecular flexibility index (Phi) is 8.26. The molecule has 4 nitrogen and oxygen atoms in total. The molecule has 0 atom stereocenters. The van der Waals surface area contributed by atoms with Crippen molar-refractivity contribution in [3.8, 4) is 22.3 Å². The van der Waals surface area contributed by atoms with Gasteiger partial charge in [0, 0.05) is 39.3 Å². The first-order chi connectivity index (χ1) is 24.6. The third-order valence-electron chi connectivity index (χ3n) is 9.02. The SMILES string of the molecule is C=C(N=C/C(=C\C)Nc1cccc2ccc(-c3cccc(-c4ccc(Nc5ccc6c(c5)oc5ccccc56)cc4)c3)cc12)c1ccccc1. The molecule has 7 aromatic carbocycles. The van der Waals surface area contributed by atoms with Gasteiger partial charge in [-0.2, -0.15) is 0 Å². The first-order valence-corrected chi connectivity index (χ1v) is 16.7. The minimum Gasteiger partial charge on any atom is -0.456 e. The van der Waals surface area contributed by atoms with Crippen molar-refractivity contribution in [1.29, 1.82) is 0 Å². The van der Waals surface area contributed by atoms with E-state index in [4.69, 9.17) is 4.42 Å². The molecule has 0 radical (unpaired) electrons. The summed E-state index contributed by atoms with van der Waals surface area (Å²) in [6.07, 6.45) is 3.86. The lowest BCUT2D eigenvalue weighted by Gasteiger charge is -2.13. The van der Waals surface area contributed by atoms with Gasteiger partial charge in [0.2, 0.25) is 0 Å². The summed E-state index contributed by atoms with van der Waals surface area (Å²) in [4.78, 5) is 4.63. The minimum absolute atomic E-state index is 0.721. The van der Waals surface area contributed by atoms with Crippen LogP contribution in [0.25, 0.3) is 60.7 Å². The average Bonchev–Trinajstić information content (AvgIpc) is 3.55. The summed E-state index contributed by atoms with van der Waals surface area (Å²) >= 11 is 0. The predicted molar refractivity (Wildman–Crippen MR) is 213 cm³/mol. The molecule has 8 aromatic rings. The van der Waals surface area contributed by atoms with E-state index in [9.17, 15) is 0 Å². The van der Waals surface area contributed by atoms with Gasteiger partial charge in [-0.15, -0.1) is 0 Å². The predicted octanol–water partition coefficient (Wildman–Crippen LogP) is 12.9. The first kappa shape index (κ1) is 30.7. The van der Waals surface area contributed by atoms with Crippen LogP contribution in [0.2, 0.25) is 0 Å². The smallest absolute Gasteiger partial charge is 0.137 e. The minimum atomic E-state index is 0.721. The number of fused-ring (bicyclic) bond motifs is 4. The molecule has 0 bridgehead atoms. The molecule has 0 fully saturated rings. The largest absolute Gasteiger partial charge is 0.456 e. The van der Waals surface area contributed by atoms with Gasteiger partial charge in [-0.25, -0.2) is 0 Å². The standard InChI is InChI=1S/C46H35N3O/c1-3-38(30-47-31(2)32-11-5-4-6-12-32)49-44-17-10-13-34-19-20-37(28-43(34)44)36-15-9-14-35(27-36)33-21-23-39(24-22-33)48-40-25-26-42-41-16-7-8-18-45(41)50-46(42)29-40/h3-30,48-49H,2H2,1H3/b38-3+,47-30?. The Morgan fingerprint density at radius 1 is 0.580 bits per heavy atom. The topological polar surface area (TPSA) is 49.6 Å². The van der Waals surface area contributed by atoms with E-state index in [1.807, 2.05) is 67.7 Å². The highest BCUT2D eigenvalue weighted by atomic mass is 16.3. The van der Waals surface area contributed by atoms with E-state index >= 15 is 0 Å². The van der Waals surface area contributed by atoms with E-state index in [1.54, 1.807) is 0 Å². The van der Waals surface area contributed by atoms with E-state index in [1.165, 1.54) is 5.39 Å². The molecule has 0 amide bonds. The number of allylic oxidation sites excluding steroid dienone is 2. The molecule has 8 rings (SSSR count). The van der Waals surface area contributed by atoms with Crippen molar-refractivity contribution < 1.29 is 4.42 Å². The summed E-state index contributed by atoms with van der Waals surface area (Å²) in [5.41, 5.74) is 12.1. The number of anilines is 3. The molecule has 1 heterocycles. The Labute approximate surface area is 291 Å². The quantitative estimate of drug-likeness (QED) is 0.154. The van der Waals surface area contributed by atoms with Gasteiger partial charge in [0.25, 0.3) is 0 Å². The number of furan rings is 1.